The number of ether oxygens (including phenoxy) is 2. The average Bonchev–Trinajstić information content (AvgIpc) is 4.07. The van der Waals surface area contributed by atoms with Crippen molar-refractivity contribution in [2.75, 3.05) is 25.7 Å². The number of nitrogens with zero attached hydrogens (tertiary/aromatic N) is 4. The van der Waals surface area contributed by atoms with Crippen LogP contribution in [0.25, 0.3) is 44.2 Å². The van der Waals surface area contributed by atoms with Crippen molar-refractivity contribution in [2.24, 2.45) is 5.92 Å². The second kappa shape index (κ2) is 15.2. The zero-order valence-corrected chi connectivity index (χ0v) is 33.4. The van der Waals surface area contributed by atoms with E-state index < -0.39 is 24.3 Å². The van der Waals surface area contributed by atoms with Crippen LogP contribution in [0, 0.1) is 5.92 Å². The molecule has 3 aliphatic rings. The number of methoxy groups -OCH3 is 2. The molecule has 4 atom stereocenters. The summed E-state index contributed by atoms with van der Waals surface area (Å²) in [5, 5.41) is 7.60. The van der Waals surface area contributed by atoms with Gasteiger partial charge in [0.25, 0.3) is 0 Å². The van der Waals surface area contributed by atoms with Crippen molar-refractivity contribution in [2.45, 2.75) is 70.1 Å². The van der Waals surface area contributed by atoms with E-state index in [1.807, 2.05) is 42.0 Å². The van der Waals surface area contributed by atoms with Crippen LogP contribution in [0.4, 0.5) is 15.3 Å². The number of para-hydroxylation sites is 1. The number of hydrogen-bond acceptors (Lipinski definition) is 8. The van der Waals surface area contributed by atoms with E-state index in [9.17, 15) is 19.2 Å². The number of aromatic nitrogens is 4. The van der Waals surface area contributed by atoms with Gasteiger partial charge in [-0.2, -0.15) is 0 Å². The Bertz CT molecular complexity index is 2630. The molecule has 1 fully saturated rings. The third-order valence-electron chi connectivity index (χ3n) is 12.0. The molecule has 4 aromatic carbocycles. The number of likely N-dealkylation sites (tertiary alicyclic amines) is 1. The van der Waals surface area contributed by atoms with Crippen LogP contribution in [0.3, 0.4) is 0 Å². The maximum absolute atomic E-state index is 14.0. The van der Waals surface area contributed by atoms with E-state index in [2.05, 4.69) is 81.3 Å². The fourth-order valence-electron chi connectivity index (χ4n) is 8.99. The quantitative estimate of drug-likeness (QED) is 0.126. The lowest BCUT2D eigenvalue weighted by Crippen LogP contribution is -2.51. The summed E-state index contributed by atoms with van der Waals surface area (Å²) in [6, 6.07) is 23.1. The molecule has 6 aromatic rings. The van der Waals surface area contributed by atoms with Crippen molar-refractivity contribution in [1.29, 1.82) is 0 Å². The van der Waals surface area contributed by atoms with Gasteiger partial charge in [0.1, 0.15) is 23.7 Å². The highest BCUT2D eigenvalue weighted by molar-refractivity contribution is 6.02. The summed E-state index contributed by atoms with van der Waals surface area (Å²) in [4.78, 5) is 72.1. The molecular weight excluding hydrogens is 749 g/mol. The summed E-state index contributed by atoms with van der Waals surface area (Å²) < 4.78 is 9.60. The first-order valence-electron chi connectivity index (χ1n) is 20.1. The minimum atomic E-state index is -0.706. The van der Waals surface area contributed by atoms with E-state index in [0.717, 1.165) is 79.7 Å². The molecular formula is C45H46N8O6. The van der Waals surface area contributed by atoms with Crippen molar-refractivity contribution in [3.63, 3.8) is 0 Å². The molecule has 0 spiro atoms. The molecule has 0 aliphatic carbocycles. The number of aryl methyl sites for hydroxylation is 1. The molecule has 0 radical (unpaired) electrons. The summed E-state index contributed by atoms with van der Waals surface area (Å²) in [6.07, 6.45) is 3.94. The lowest BCUT2D eigenvalue weighted by atomic mass is 9.99. The Morgan fingerprint density at radius 2 is 1.56 bits per heavy atom. The highest BCUT2D eigenvalue weighted by Crippen LogP contribution is 2.45. The summed E-state index contributed by atoms with van der Waals surface area (Å²) in [7, 11) is 2.59. The Morgan fingerprint density at radius 1 is 0.831 bits per heavy atom. The molecule has 1 saturated heterocycles. The molecule has 0 bridgehead atoms. The summed E-state index contributed by atoms with van der Waals surface area (Å²) in [6.45, 7) is 4.39. The Hall–Kier alpha value is -6.70. The maximum Gasteiger partial charge on any atom is 0.407 e. The number of alkyl carbamates (subject to hydrolysis) is 2. The van der Waals surface area contributed by atoms with Crippen LogP contribution < -0.4 is 15.5 Å². The van der Waals surface area contributed by atoms with E-state index in [1.54, 1.807) is 0 Å². The molecule has 14 heteroatoms. The molecule has 0 saturated carbocycles. The molecule has 3 aliphatic heterocycles. The van der Waals surface area contributed by atoms with Gasteiger partial charge in [0.05, 0.1) is 54.9 Å². The van der Waals surface area contributed by atoms with Crippen molar-refractivity contribution >= 4 is 51.5 Å². The molecule has 4 unspecified atom stereocenters. The number of anilines is 1. The smallest absolute Gasteiger partial charge is 0.407 e. The second-order valence-corrected chi connectivity index (χ2v) is 15.9. The van der Waals surface area contributed by atoms with Gasteiger partial charge in [-0.25, -0.2) is 19.6 Å². The number of carbonyl (C=O) groups is 4. The largest absolute Gasteiger partial charge is 0.453 e. The molecule has 4 N–H and O–H groups in total. The first kappa shape index (κ1) is 37.9. The van der Waals surface area contributed by atoms with Crippen LogP contribution in [0.15, 0.2) is 79.0 Å². The number of hydrogen-bond donors (Lipinski definition) is 4. The fourth-order valence-corrected chi connectivity index (χ4v) is 8.99. The van der Waals surface area contributed by atoms with Gasteiger partial charge in [-0.1, -0.05) is 62.4 Å². The lowest BCUT2D eigenvalue weighted by Gasteiger charge is -2.30. The van der Waals surface area contributed by atoms with Gasteiger partial charge < -0.3 is 35.0 Å². The Morgan fingerprint density at radius 3 is 2.34 bits per heavy atom. The number of amides is 4. The van der Waals surface area contributed by atoms with Gasteiger partial charge >= 0.3 is 12.2 Å². The molecule has 59 heavy (non-hydrogen) atoms. The predicted molar refractivity (Wildman–Crippen MR) is 222 cm³/mol. The monoisotopic (exact) mass is 794 g/mol. The van der Waals surface area contributed by atoms with E-state index in [4.69, 9.17) is 19.4 Å². The summed E-state index contributed by atoms with van der Waals surface area (Å²) in [5.74, 6) is 0.994. The van der Waals surface area contributed by atoms with Gasteiger partial charge in [-0.15, -0.1) is 0 Å². The normalized spacial score (nSPS) is 19.2. The van der Waals surface area contributed by atoms with Crippen LogP contribution >= 0.6 is 0 Å². The standard InChI is InChI=1S/C45H46N8O6/c1-24(2)38(51-45(57)59-4)43(55)52-18-6-9-36(52)40-46-23-35(49-40)30-13-12-26-19-27(10-11-28(26)20-30)29-15-16-32-34(21-29)48-41(47-32)37-22-31-8-5-7-25-14-17-33(50-44(56)58-3)42(54)53(37)39(25)31/h5,7-8,10-13,15-16,19-21,23-24,33,36-38H,6,9,14,17-18,22H2,1-4H3,(H,46,49)(H,47,48)(H,50,56)(H,51,57). The highest BCUT2D eigenvalue weighted by atomic mass is 16.5. The molecule has 9 rings (SSSR count). The number of aromatic amines is 2. The second-order valence-electron chi connectivity index (χ2n) is 15.9. The number of H-pyrrole nitrogens is 2. The average molecular weight is 795 g/mol. The topological polar surface area (TPSA) is 175 Å². The third-order valence-corrected chi connectivity index (χ3v) is 12.0. The lowest BCUT2D eigenvalue weighted by molar-refractivity contribution is -0.135. The van der Waals surface area contributed by atoms with Gasteiger partial charge in [-0.05, 0) is 88.9 Å². The van der Waals surface area contributed by atoms with E-state index in [-0.39, 0.29) is 29.8 Å². The first-order chi connectivity index (χ1) is 28.6. The minimum Gasteiger partial charge on any atom is -0.453 e. The van der Waals surface area contributed by atoms with Crippen LogP contribution in [0.1, 0.15) is 68.0 Å². The number of carbonyl (C=O) groups excluding carboxylic acids is 4. The number of fused-ring (bicyclic) bond motifs is 2. The van der Waals surface area contributed by atoms with E-state index >= 15 is 0 Å². The third kappa shape index (κ3) is 6.91. The molecule has 14 nitrogen and oxygen atoms in total. The SMILES string of the molecule is COC(=O)NC1CCc2cccc3c2N(C1=O)C(c1nc2ccc(-c4ccc5cc(-c6cnc(C7CCCN7C(=O)C(NC(=O)OC)C(C)C)[nH]6)ccc5c4)cc2[nH]1)C3. The number of benzene rings is 4. The molecule has 302 valence electrons. The van der Waals surface area contributed by atoms with Crippen molar-refractivity contribution in [1.82, 2.24) is 35.5 Å². The van der Waals surface area contributed by atoms with Crippen LogP contribution in [0.2, 0.25) is 0 Å². The number of rotatable bonds is 8. The number of nitrogens with one attached hydrogen (secondary N) is 4. The number of imidazole rings is 2. The zero-order valence-electron chi connectivity index (χ0n) is 33.4. The van der Waals surface area contributed by atoms with Gasteiger partial charge in [0.15, 0.2) is 0 Å². The van der Waals surface area contributed by atoms with Gasteiger partial charge in [0.2, 0.25) is 11.8 Å². The summed E-state index contributed by atoms with van der Waals surface area (Å²) >= 11 is 0. The maximum atomic E-state index is 14.0. The highest BCUT2D eigenvalue weighted by Gasteiger charge is 2.43. The molecule has 4 amide bonds. The first-order valence-corrected chi connectivity index (χ1v) is 20.1. The molecule has 5 heterocycles. The van der Waals surface area contributed by atoms with Crippen molar-refractivity contribution in [3.05, 3.63) is 102 Å². The Balaban J connectivity index is 0.942. The van der Waals surface area contributed by atoms with Gasteiger partial charge in [-0.3, -0.25) is 14.5 Å². The zero-order chi connectivity index (χ0) is 40.9. The van der Waals surface area contributed by atoms with Crippen LogP contribution in [-0.2, 0) is 31.9 Å². The summed E-state index contributed by atoms with van der Waals surface area (Å²) in [5.41, 5.74) is 8.69. The van der Waals surface area contributed by atoms with E-state index in [1.165, 1.54) is 14.2 Å². The Labute approximate surface area is 340 Å². The van der Waals surface area contributed by atoms with Crippen molar-refractivity contribution in [3.8, 4) is 22.4 Å². The van der Waals surface area contributed by atoms with Crippen LogP contribution in [0.5, 0.6) is 0 Å². The van der Waals surface area contributed by atoms with Crippen molar-refractivity contribution < 1.29 is 28.7 Å². The van der Waals surface area contributed by atoms with E-state index in [0.29, 0.717) is 31.6 Å². The van der Waals surface area contributed by atoms with Crippen LogP contribution in [-0.4, -0.2) is 81.7 Å². The van der Waals surface area contributed by atoms with Gasteiger partial charge in [0, 0.05) is 18.5 Å². The minimum absolute atomic E-state index is 0.111. The predicted octanol–water partition coefficient (Wildman–Crippen LogP) is 7.12. The Kier molecular flexibility index (Phi) is 9.77. The molecule has 2 aromatic heterocycles. The fraction of sp³-hybridized carbons (Fsp3) is 0.333.